The Morgan fingerprint density at radius 1 is 1.09 bits per heavy atom. The fraction of sp³-hybridized carbons (Fsp3) is 0.353. The SMILES string of the molecule is CC(C)(C)CCNNC(=O)[C@@]1(C/C=C/c2ccccc2)N=C(c2ccc(OCCCO)cc2)O[C@H]1c1ccc(Cl)cc1Cl. The number of carbonyl (C=O) groups excluding carboxylic acids is 1. The van der Waals surface area contributed by atoms with E-state index in [-0.39, 0.29) is 24.3 Å². The van der Waals surface area contributed by atoms with E-state index in [9.17, 15) is 4.79 Å². The van der Waals surface area contributed by atoms with Crippen LogP contribution in [0, 0.1) is 5.41 Å². The summed E-state index contributed by atoms with van der Waals surface area (Å²) in [6.45, 7) is 7.50. The number of aliphatic hydroxyl groups is 1. The number of hydrogen-bond donors (Lipinski definition) is 3. The van der Waals surface area contributed by atoms with Crippen LogP contribution in [-0.4, -0.2) is 42.2 Å². The van der Waals surface area contributed by atoms with Crippen molar-refractivity contribution in [2.24, 2.45) is 10.4 Å². The second-order valence-electron chi connectivity index (χ2n) is 11.7. The van der Waals surface area contributed by atoms with Crippen LogP contribution in [0.5, 0.6) is 5.75 Å². The van der Waals surface area contributed by atoms with Crippen LogP contribution in [0.1, 0.15) is 62.8 Å². The van der Waals surface area contributed by atoms with Crippen LogP contribution < -0.4 is 15.6 Å². The second kappa shape index (κ2) is 14.9. The molecule has 228 valence electrons. The first-order valence-corrected chi connectivity index (χ1v) is 15.2. The second-order valence-corrected chi connectivity index (χ2v) is 12.5. The molecule has 0 saturated carbocycles. The van der Waals surface area contributed by atoms with Gasteiger partial charge in [-0.15, -0.1) is 0 Å². The van der Waals surface area contributed by atoms with E-state index >= 15 is 0 Å². The number of aliphatic hydroxyl groups excluding tert-OH is 1. The smallest absolute Gasteiger partial charge is 0.266 e. The van der Waals surface area contributed by atoms with Crippen LogP contribution >= 0.6 is 23.2 Å². The van der Waals surface area contributed by atoms with Crippen LogP contribution in [0.4, 0.5) is 0 Å². The van der Waals surface area contributed by atoms with Gasteiger partial charge in [0.05, 0.1) is 6.61 Å². The Balaban J connectivity index is 1.72. The van der Waals surface area contributed by atoms with E-state index < -0.39 is 11.6 Å². The van der Waals surface area contributed by atoms with Crippen molar-refractivity contribution in [1.82, 2.24) is 10.9 Å². The highest BCUT2D eigenvalue weighted by Crippen LogP contribution is 2.45. The number of nitrogens with one attached hydrogen (secondary N) is 2. The van der Waals surface area contributed by atoms with Gasteiger partial charge in [0.1, 0.15) is 5.75 Å². The van der Waals surface area contributed by atoms with Gasteiger partial charge in [0.2, 0.25) is 5.90 Å². The maximum Gasteiger partial charge on any atom is 0.266 e. The predicted molar refractivity (Wildman–Crippen MR) is 174 cm³/mol. The van der Waals surface area contributed by atoms with Gasteiger partial charge in [0, 0.05) is 47.2 Å². The number of hydrazine groups is 1. The van der Waals surface area contributed by atoms with Crippen molar-refractivity contribution in [2.75, 3.05) is 19.8 Å². The molecule has 0 aromatic heterocycles. The zero-order valence-electron chi connectivity index (χ0n) is 24.8. The van der Waals surface area contributed by atoms with Gasteiger partial charge in [-0.25, -0.2) is 10.4 Å². The highest BCUT2D eigenvalue weighted by atomic mass is 35.5. The summed E-state index contributed by atoms with van der Waals surface area (Å²) >= 11 is 12.9. The van der Waals surface area contributed by atoms with E-state index in [1.54, 1.807) is 18.2 Å². The summed E-state index contributed by atoms with van der Waals surface area (Å²) in [6, 6.07) is 22.3. The first kappa shape index (κ1) is 32.6. The molecule has 7 nitrogen and oxygen atoms in total. The Morgan fingerprint density at radius 3 is 2.51 bits per heavy atom. The van der Waals surface area contributed by atoms with E-state index in [0.29, 0.717) is 52.4 Å². The van der Waals surface area contributed by atoms with E-state index in [2.05, 4.69) is 31.6 Å². The number of rotatable bonds is 13. The molecule has 43 heavy (non-hydrogen) atoms. The Morgan fingerprint density at radius 2 is 1.84 bits per heavy atom. The van der Waals surface area contributed by atoms with E-state index in [1.807, 2.05) is 66.7 Å². The number of carbonyl (C=O) groups is 1. The Hall–Kier alpha value is -3.36. The van der Waals surface area contributed by atoms with Crippen LogP contribution in [0.25, 0.3) is 6.08 Å². The molecule has 0 bridgehead atoms. The van der Waals surface area contributed by atoms with Crippen LogP contribution in [0.15, 0.2) is 83.9 Å². The van der Waals surface area contributed by atoms with Crippen LogP contribution in [0.3, 0.4) is 0 Å². The lowest BCUT2D eigenvalue weighted by Gasteiger charge is -2.30. The van der Waals surface area contributed by atoms with Crippen molar-refractivity contribution in [3.05, 3.63) is 106 Å². The van der Waals surface area contributed by atoms with E-state index in [4.69, 9.17) is 42.8 Å². The van der Waals surface area contributed by atoms with Crippen molar-refractivity contribution < 1.29 is 19.4 Å². The zero-order valence-corrected chi connectivity index (χ0v) is 26.3. The minimum atomic E-state index is -1.39. The lowest BCUT2D eigenvalue weighted by molar-refractivity contribution is -0.129. The van der Waals surface area contributed by atoms with Crippen molar-refractivity contribution in [3.8, 4) is 5.75 Å². The lowest BCUT2D eigenvalue weighted by Crippen LogP contribution is -2.53. The van der Waals surface area contributed by atoms with Gasteiger partial charge in [0.25, 0.3) is 5.91 Å². The van der Waals surface area contributed by atoms with Crippen molar-refractivity contribution >= 4 is 41.1 Å². The highest BCUT2D eigenvalue weighted by Gasteiger charge is 2.53. The molecule has 2 atom stereocenters. The van der Waals surface area contributed by atoms with Crippen LogP contribution in [0.2, 0.25) is 10.0 Å². The molecule has 3 aromatic rings. The topological polar surface area (TPSA) is 92.2 Å². The fourth-order valence-electron chi connectivity index (χ4n) is 4.63. The molecule has 3 N–H and O–H groups in total. The molecule has 0 aliphatic carbocycles. The maximum atomic E-state index is 14.2. The average molecular weight is 625 g/mol. The molecule has 1 amide bonds. The van der Waals surface area contributed by atoms with Crippen molar-refractivity contribution in [2.45, 2.75) is 51.7 Å². The average Bonchev–Trinajstić information content (AvgIpc) is 3.36. The van der Waals surface area contributed by atoms with Gasteiger partial charge in [-0.2, -0.15) is 0 Å². The number of nitrogens with zero attached hydrogens (tertiary/aromatic N) is 1. The van der Waals surface area contributed by atoms with Gasteiger partial charge in [-0.05, 0) is 53.8 Å². The summed E-state index contributed by atoms with van der Waals surface area (Å²) in [5.41, 5.74) is 7.01. The normalized spacial score (nSPS) is 18.4. The molecular weight excluding hydrogens is 585 g/mol. The Bertz CT molecular complexity index is 1420. The largest absolute Gasteiger partial charge is 0.494 e. The summed E-state index contributed by atoms with van der Waals surface area (Å²) in [5, 5.41) is 9.90. The first-order chi connectivity index (χ1) is 20.6. The summed E-state index contributed by atoms with van der Waals surface area (Å²) in [6.07, 6.45) is 4.71. The quantitative estimate of drug-likeness (QED) is 0.139. The van der Waals surface area contributed by atoms with E-state index in [0.717, 1.165) is 12.0 Å². The van der Waals surface area contributed by atoms with E-state index in [1.165, 1.54) is 0 Å². The molecule has 9 heteroatoms. The number of halogens is 2. The third-order valence-electron chi connectivity index (χ3n) is 7.02. The number of amides is 1. The minimum Gasteiger partial charge on any atom is -0.494 e. The summed E-state index contributed by atoms with van der Waals surface area (Å²) in [4.78, 5) is 19.2. The highest BCUT2D eigenvalue weighted by molar-refractivity contribution is 6.35. The molecule has 1 aliphatic rings. The monoisotopic (exact) mass is 623 g/mol. The molecule has 1 heterocycles. The van der Waals surface area contributed by atoms with Gasteiger partial charge in [-0.1, -0.05) is 92.5 Å². The molecular formula is C34H39Cl2N3O4. The summed E-state index contributed by atoms with van der Waals surface area (Å²) in [5.74, 6) is 0.635. The standard InChI is InChI=1S/C34H39Cl2N3O4/c1-33(2,3)19-20-37-39-32(41)34(18-7-11-24-9-5-4-6-10-24)30(28-17-14-26(35)23-29(28)36)43-31(38-34)25-12-15-27(16-13-25)42-22-8-21-40/h4-7,9-17,23,30,37,40H,8,18-22H2,1-3H3,(H,39,41)/b11-7+/t30-,34-/m0/s1. The van der Waals surface area contributed by atoms with Gasteiger partial charge < -0.3 is 14.6 Å². The molecule has 0 fully saturated rings. The van der Waals surface area contributed by atoms with Crippen LogP contribution in [-0.2, 0) is 9.53 Å². The third-order valence-corrected chi connectivity index (χ3v) is 7.58. The number of ether oxygens (including phenoxy) is 2. The number of hydrogen-bond acceptors (Lipinski definition) is 6. The first-order valence-electron chi connectivity index (χ1n) is 14.4. The number of aliphatic imine (C=N–C) groups is 1. The summed E-state index contributed by atoms with van der Waals surface area (Å²) in [7, 11) is 0. The molecule has 0 saturated heterocycles. The minimum absolute atomic E-state index is 0.0608. The lowest BCUT2D eigenvalue weighted by atomic mass is 9.84. The van der Waals surface area contributed by atoms with Gasteiger partial charge in [0.15, 0.2) is 11.6 Å². The van der Waals surface area contributed by atoms with Crippen molar-refractivity contribution in [3.63, 3.8) is 0 Å². The maximum absolute atomic E-state index is 14.2. The van der Waals surface area contributed by atoms with Gasteiger partial charge in [-0.3, -0.25) is 10.2 Å². The van der Waals surface area contributed by atoms with Crippen molar-refractivity contribution in [1.29, 1.82) is 0 Å². The Kier molecular flexibility index (Phi) is 11.3. The molecule has 0 spiro atoms. The molecule has 4 rings (SSSR count). The predicted octanol–water partition coefficient (Wildman–Crippen LogP) is 7.17. The number of benzene rings is 3. The molecule has 0 radical (unpaired) electrons. The molecule has 1 aliphatic heterocycles. The molecule has 0 unspecified atom stereocenters. The zero-order chi connectivity index (χ0) is 30.9. The third kappa shape index (κ3) is 8.83. The summed E-state index contributed by atoms with van der Waals surface area (Å²) < 4.78 is 12.2. The molecule has 3 aromatic carbocycles. The van der Waals surface area contributed by atoms with Gasteiger partial charge >= 0.3 is 0 Å². The Labute approximate surface area is 263 Å². The fourth-order valence-corrected chi connectivity index (χ4v) is 5.14.